The summed E-state index contributed by atoms with van der Waals surface area (Å²) in [6.07, 6.45) is 3.47. The van der Waals surface area contributed by atoms with E-state index in [2.05, 4.69) is 20.6 Å². The van der Waals surface area contributed by atoms with E-state index in [1.165, 1.54) is 48.5 Å². The quantitative estimate of drug-likeness (QED) is 0.0708. The molecule has 0 bridgehead atoms. The molecule has 0 fully saturated rings. The number of aromatic carboxylic acids is 4. The van der Waals surface area contributed by atoms with E-state index < -0.39 is 23.9 Å². The number of aromatic nitrogens is 6. The Kier molecular flexibility index (Phi) is 12.0. The Morgan fingerprint density at radius 1 is 0.382 bits per heavy atom. The minimum Gasteiger partial charge on any atom is -0.487 e. The standard InChI is InChI=1S/C52H36N6O10/c59-49(60)35-9-1-31(2-10-35)39-17-23-45(33-5-13-37(14-6-33)51(63)64)47(25-39)57-27-41(53-55-57)29-67-43-19-21-44(22-20-43)68-30-42-28-58(56-54-42)48-26-40(32-3-11-36(12-4-32)50(61)62)18-24-46(48)34-7-15-38(16-8-34)52(65)66/h1-28H,29-30H2,(H,59,60)(H,61,62)(H,63,64)(H,65,66). The number of benzene rings is 7. The average molecular weight is 905 g/mol. The number of hydrogen-bond donors (Lipinski definition) is 4. The average Bonchev–Trinajstić information content (AvgIpc) is 4.06. The molecule has 0 atom stereocenters. The van der Waals surface area contributed by atoms with Crippen LogP contribution in [-0.2, 0) is 13.2 Å². The number of carbonyl (C=O) groups is 4. The largest absolute Gasteiger partial charge is 0.487 e. The molecule has 0 radical (unpaired) electrons. The Hall–Kier alpha value is -9.70. The third-order valence-corrected chi connectivity index (χ3v) is 11.0. The second-order valence-electron chi connectivity index (χ2n) is 15.4. The van der Waals surface area contributed by atoms with Crippen LogP contribution in [0.2, 0.25) is 0 Å². The summed E-state index contributed by atoms with van der Waals surface area (Å²) >= 11 is 0. The van der Waals surface area contributed by atoms with E-state index in [1.54, 1.807) is 94.6 Å². The first kappa shape index (κ1) is 43.5. The van der Waals surface area contributed by atoms with E-state index in [0.717, 1.165) is 44.5 Å². The third kappa shape index (κ3) is 9.55. The van der Waals surface area contributed by atoms with Crippen LogP contribution in [0.15, 0.2) is 170 Å². The zero-order valence-corrected chi connectivity index (χ0v) is 35.5. The Morgan fingerprint density at radius 3 is 0.985 bits per heavy atom. The molecule has 0 unspecified atom stereocenters. The van der Waals surface area contributed by atoms with Gasteiger partial charge < -0.3 is 29.9 Å². The smallest absolute Gasteiger partial charge is 0.335 e. The second kappa shape index (κ2) is 18.8. The topological polar surface area (TPSA) is 229 Å². The summed E-state index contributed by atoms with van der Waals surface area (Å²) in [6.45, 7) is 0.172. The lowest BCUT2D eigenvalue weighted by molar-refractivity contribution is 0.0686. The molecule has 0 saturated carbocycles. The van der Waals surface area contributed by atoms with E-state index in [-0.39, 0.29) is 35.5 Å². The molecule has 4 N–H and O–H groups in total. The van der Waals surface area contributed by atoms with Gasteiger partial charge in [0.15, 0.2) is 0 Å². The van der Waals surface area contributed by atoms with Gasteiger partial charge in [-0.15, -0.1) is 10.2 Å². The van der Waals surface area contributed by atoms with Gasteiger partial charge in [-0.25, -0.2) is 28.5 Å². The monoisotopic (exact) mass is 904 g/mol. The van der Waals surface area contributed by atoms with Crippen LogP contribution in [-0.4, -0.2) is 74.3 Å². The third-order valence-electron chi connectivity index (χ3n) is 11.0. The highest BCUT2D eigenvalue weighted by Crippen LogP contribution is 2.34. The van der Waals surface area contributed by atoms with Gasteiger partial charge in [0.25, 0.3) is 0 Å². The fourth-order valence-corrected chi connectivity index (χ4v) is 7.40. The van der Waals surface area contributed by atoms with E-state index in [1.807, 2.05) is 36.4 Å². The molecular formula is C52H36N6O10. The van der Waals surface area contributed by atoms with E-state index >= 15 is 0 Å². The highest BCUT2D eigenvalue weighted by Gasteiger charge is 2.17. The van der Waals surface area contributed by atoms with Crippen molar-refractivity contribution in [1.82, 2.24) is 30.0 Å². The molecule has 0 aliphatic rings. The lowest BCUT2D eigenvalue weighted by Gasteiger charge is -2.13. The minimum absolute atomic E-state index is 0.0861. The maximum atomic E-state index is 11.5. The first-order chi connectivity index (χ1) is 32.9. The summed E-state index contributed by atoms with van der Waals surface area (Å²) in [5.74, 6) is -3.02. The van der Waals surface area contributed by atoms with Crippen molar-refractivity contribution in [3.05, 3.63) is 204 Å². The van der Waals surface area contributed by atoms with Gasteiger partial charge in [-0.05, 0) is 118 Å². The van der Waals surface area contributed by atoms with Crippen LogP contribution in [0.1, 0.15) is 52.8 Å². The summed E-state index contributed by atoms with van der Waals surface area (Å²) in [5.41, 5.74) is 9.19. The first-order valence-corrected chi connectivity index (χ1v) is 20.8. The van der Waals surface area contributed by atoms with Crippen LogP contribution in [0.5, 0.6) is 11.5 Å². The van der Waals surface area contributed by atoms with Crippen LogP contribution < -0.4 is 9.47 Å². The normalized spacial score (nSPS) is 10.9. The molecule has 0 saturated heterocycles. The fourth-order valence-electron chi connectivity index (χ4n) is 7.40. The van der Waals surface area contributed by atoms with Crippen molar-refractivity contribution in [1.29, 1.82) is 0 Å². The zero-order valence-electron chi connectivity index (χ0n) is 35.5. The number of nitrogens with zero attached hydrogens (tertiary/aromatic N) is 6. The number of carboxylic acids is 4. The van der Waals surface area contributed by atoms with Gasteiger partial charge >= 0.3 is 23.9 Å². The number of rotatable bonds is 16. The lowest BCUT2D eigenvalue weighted by atomic mass is 9.97. The highest BCUT2D eigenvalue weighted by molar-refractivity contribution is 5.91. The lowest BCUT2D eigenvalue weighted by Crippen LogP contribution is -2.00. The zero-order chi connectivity index (χ0) is 47.3. The van der Waals surface area contributed by atoms with Crippen molar-refractivity contribution >= 4 is 23.9 Å². The molecule has 334 valence electrons. The molecular weight excluding hydrogens is 869 g/mol. The minimum atomic E-state index is -1.03. The van der Waals surface area contributed by atoms with Gasteiger partial charge in [0.2, 0.25) is 0 Å². The SMILES string of the molecule is O=C(O)c1ccc(-c2ccc(-c3ccc(C(=O)O)cc3)c(-n3cc(COc4ccc(OCc5cn(-c6cc(-c7ccc(C(=O)O)cc7)ccc6-c6ccc(C(=O)O)cc6)nn5)cc4)nn3)c2)cc1. The van der Waals surface area contributed by atoms with Gasteiger partial charge in [-0.3, -0.25) is 0 Å². The maximum Gasteiger partial charge on any atom is 0.335 e. The van der Waals surface area contributed by atoms with Crippen LogP contribution in [0.4, 0.5) is 0 Å². The molecule has 9 aromatic rings. The Balaban J connectivity index is 0.886. The van der Waals surface area contributed by atoms with Crippen molar-refractivity contribution in [2.45, 2.75) is 13.2 Å². The summed E-state index contributed by atoms with van der Waals surface area (Å²) in [4.78, 5) is 46.0. The van der Waals surface area contributed by atoms with Gasteiger partial charge in [0.05, 0.1) is 46.0 Å². The molecule has 2 heterocycles. The van der Waals surface area contributed by atoms with Crippen LogP contribution in [0.3, 0.4) is 0 Å². The van der Waals surface area contributed by atoms with Crippen molar-refractivity contribution in [3.63, 3.8) is 0 Å². The Labute approximate surface area is 386 Å². The molecule has 0 amide bonds. The highest BCUT2D eigenvalue weighted by atomic mass is 16.5. The summed E-state index contributed by atoms with van der Waals surface area (Å²) in [5, 5.41) is 55.1. The van der Waals surface area contributed by atoms with Crippen molar-refractivity contribution in [2.24, 2.45) is 0 Å². The van der Waals surface area contributed by atoms with Gasteiger partial charge in [0.1, 0.15) is 36.1 Å². The van der Waals surface area contributed by atoms with E-state index in [4.69, 9.17) is 9.47 Å². The van der Waals surface area contributed by atoms with E-state index in [9.17, 15) is 39.6 Å². The second-order valence-corrected chi connectivity index (χ2v) is 15.4. The van der Waals surface area contributed by atoms with Crippen molar-refractivity contribution < 1.29 is 49.1 Å². The number of carboxylic acid groups (broad SMARTS) is 4. The van der Waals surface area contributed by atoms with Gasteiger partial charge in [-0.1, -0.05) is 83.2 Å². The van der Waals surface area contributed by atoms with Gasteiger partial charge in [-0.2, -0.15) is 0 Å². The van der Waals surface area contributed by atoms with Crippen molar-refractivity contribution in [3.8, 4) is 67.4 Å². The Morgan fingerprint density at radius 2 is 0.676 bits per heavy atom. The molecule has 7 aromatic carbocycles. The molecule has 16 nitrogen and oxygen atoms in total. The molecule has 0 aliphatic heterocycles. The molecule has 0 spiro atoms. The number of ether oxygens (including phenoxy) is 2. The first-order valence-electron chi connectivity index (χ1n) is 20.8. The molecule has 2 aromatic heterocycles. The van der Waals surface area contributed by atoms with Crippen LogP contribution in [0.25, 0.3) is 55.9 Å². The Bertz CT molecular complexity index is 3110. The van der Waals surface area contributed by atoms with Crippen LogP contribution >= 0.6 is 0 Å². The summed E-state index contributed by atoms with van der Waals surface area (Å²) < 4.78 is 15.3. The fraction of sp³-hybridized carbons (Fsp3) is 0.0385. The van der Waals surface area contributed by atoms with E-state index in [0.29, 0.717) is 34.3 Å². The molecule has 0 aliphatic carbocycles. The molecule has 9 rings (SSSR count). The predicted octanol–water partition coefficient (Wildman–Crippen LogP) is 9.47. The molecule has 16 heteroatoms. The number of hydrogen-bond acceptors (Lipinski definition) is 10. The van der Waals surface area contributed by atoms with Gasteiger partial charge in [0, 0.05) is 11.1 Å². The molecule has 68 heavy (non-hydrogen) atoms. The van der Waals surface area contributed by atoms with Crippen LogP contribution in [0, 0.1) is 0 Å². The summed E-state index contributed by atoms with van der Waals surface area (Å²) in [7, 11) is 0. The summed E-state index contributed by atoms with van der Waals surface area (Å²) in [6, 6.07) is 44.5. The van der Waals surface area contributed by atoms with Crippen molar-refractivity contribution in [2.75, 3.05) is 0 Å². The predicted molar refractivity (Wildman–Crippen MR) is 247 cm³/mol. The maximum absolute atomic E-state index is 11.5.